The molecule has 0 aromatic heterocycles. The van der Waals surface area contributed by atoms with Crippen molar-refractivity contribution in [3.05, 3.63) is 59.7 Å². The van der Waals surface area contributed by atoms with Gasteiger partial charge in [-0.15, -0.1) is 0 Å². The first kappa shape index (κ1) is 12.6. The highest BCUT2D eigenvalue weighted by Gasteiger charge is 2.15. The minimum Gasteiger partial charge on any atom is -0.508 e. The van der Waals surface area contributed by atoms with Gasteiger partial charge in [-0.05, 0) is 42.3 Å². The lowest BCUT2D eigenvalue weighted by atomic mass is 10.1. The molecule has 0 aliphatic rings. The van der Waals surface area contributed by atoms with Crippen LogP contribution >= 0.6 is 0 Å². The molecule has 0 aliphatic carbocycles. The summed E-state index contributed by atoms with van der Waals surface area (Å²) in [6.07, 6.45) is 0. The predicted octanol–water partition coefficient (Wildman–Crippen LogP) is 2.67. The first-order valence-electron chi connectivity index (χ1n) is 5.55. The number of aryl methyl sites for hydroxylation is 1. The topological polar surface area (TPSA) is 54.4 Å². The molecular formula is C14H14O3S. The van der Waals surface area contributed by atoms with E-state index in [1.54, 1.807) is 42.5 Å². The van der Waals surface area contributed by atoms with Crippen molar-refractivity contribution in [1.29, 1.82) is 0 Å². The number of benzene rings is 2. The number of hydrogen-bond donors (Lipinski definition) is 1. The molecule has 0 bridgehead atoms. The Morgan fingerprint density at radius 2 is 1.72 bits per heavy atom. The van der Waals surface area contributed by atoms with Crippen molar-refractivity contribution in [2.24, 2.45) is 0 Å². The van der Waals surface area contributed by atoms with Crippen LogP contribution < -0.4 is 0 Å². The van der Waals surface area contributed by atoms with E-state index < -0.39 is 9.84 Å². The number of phenols is 1. The van der Waals surface area contributed by atoms with Gasteiger partial charge < -0.3 is 5.11 Å². The number of aromatic hydroxyl groups is 1. The third-order valence-corrected chi connectivity index (χ3v) is 4.28. The van der Waals surface area contributed by atoms with Gasteiger partial charge in [-0.25, -0.2) is 8.42 Å². The number of phenolic OH excluding ortho intramolecular Hbond substituents is 1. The van der Waals surface area contributed by atoms with Gasteiger partial charge in [0.2, 0.25) is 0 Å². The molecule has 0 saturated carbocycles. The Morgan fingerprint density at radius 3 is 2.33 bits per heavy atom. The van der Waals surface area contributed by atoms with Crippen LogP contribution in [0, 0.1) is 6.92 Å². The maximum atomic E-state index is 12.1. The molecule has 2 aromatic carbocycles. The maximum absolute atomic E-state index is 12.1. The van der Waals surface area contributed by atoms with Gasteiger partial charge in [-0.2, -0.15) is 0 Å². The van der Waals surface area contributed by atoms with Gasteiger partial charge in [0.25, 0.3) is 0 Å². The molecular weight excluding hydrogens is 248 g/mol. The number of sulfone groups is 1. The molecule has 0 spiro atoms. The Bertz CT molecular complexity index is 626. The summed E-state index contributed by atoms with van der Waals surface area (Å²) in [5, 5.41) is 9.47. The van der Waals surface area contributed by atoms with Gasteiger partial charge in [-0.1, -0.05) is 24.3 Å². The highest BCUT2D eigenvalue weighted by Crippen LogP contribution is 2.20. The summed E-state index contributed by atoms with van der Waals surface area (Å²) >= 11 is 0. The zero-order valence-corrected chi connectivity index (χ0v) is 10.8. The summed E-state index contributed by atoms with van der Waals surface area (Å²) in [5.74, 6) is -0.0139. The molecule has 3 nitrogen and oxygen atoms in total. The van der Waals surface area contributed by atoms with Crippen LogP contribution in [0.3, 0.4) is 0 Å². The molecule has 1 N–H and O–H groups in total. The molecule has 0 fully saturated rings. The van der Waals surface area contributed by atoms with E-state index >= 15 is 0 Å². The average molecular weight is 262 g/mol. The first-order valence-corrected chi connectivity index (χ1v) is 7.20. The smallest absolute Gasteiger partial charge is 0.182 e. The normalized spacial score (nSPS) is 11.4. The maximum Gasteiger partial charge on any atom is 0.182 e. The first-order chi connectivity index (χ1) is 8.47. The quantitative estimate of drug-likeness (QED) is 0.925. The molecule has 0 unspecified atom stereocenters. The standard InChI is InChI=1S/C14H14O3S/c1-11-7-12(9-13(15)8-11)10-18(16,17)14-5-3-2-4-6-14/h2-9,15H,10H2,1H3. The Kier molecular flexibility index (Phi) is 3.39. The lowest BCUT2D eigenvalue weighted by Crippen LogP contribution is -2.04. The predicted molar refractivity (Wildman–Crippen MR) is 70.2 cm³/mol. The van der Waals surface area contributed by atoms with E-state index in [0.29, 0.717) is 10.5 Å². The van der Waals surface area contributed by atoms with E-state index in [-0.39, 0.29) is 11.5 Å². The van der Waals surface area contributed by atoms with Crippen molar-refractivity contribution < 1.29 is 13.5 Å². The van der Waals surface area contributed by atoms with Gasteiger partial charge in [0.1, 0.15) is 5.75 Å². The third kappa shape index (κ3) is 2.90. The minimum absolute atomic E-state index is 0.0910. The molecule has 0 heterocycles. The Balaban J connectivity index is 2.34. The number of hydrogen-bond acceptors (Lipinski definition) is 3. The lowest BCUT2D eigenvalue weighted by Gasteiger charge is -2.06. The lowest BCUT2D eigenvalue weighted by molar-refractivity contribution is 0.474. The fourth-order valence-electron chi connectivity index (χ4n) is 1.85. The highest BCUT2D eigenvalue weighted by molar-refractivity contribution is 7.90. The van der Waals surface area contributed by atoms with Crippen LogP contribution in [0.25, 0.3) is 0 Å². The summed E-state index contributed by atoms with van der Waals surface area (Å²) in [6, 6.07) is 13.2. The summed E-state index contributed by atoms with van der Waals surface area (Å²) < 4.78 is 24.3. The Morgan fingerprint density at radius 1 is 1.06 bits per heavy atom. The van der Waals surface area contributed by atoms with Crippen LogP contribution in [0.1, 0.15) is 11.1 Å². The summed E-state index contributed by atoms with van der Waals surface area (Å²) in [5.41, 5.74) is 1.43. The molecule has 4 heteroatoms. The highest BCUT2D eigenvalue weighted by atomic mass is 32.2. The van der Waals surface area contributed by atoms with E-state index in [1.807, 2.05) is 6.92 Å². The third-order valence-electron chi connectivity index (χ3n) is 2.58. The van der Waals surface area contributed by atoms with Crippen molar-refractivity contribution in [2.75, 3.05) is 0 Å². The largest absolute Gasteiger partial charge is 0.508 e. The van der Waals surface area contributed by atoms with Crippen LogP contribution in [-0.2, 0) is 15.6 Å². The monoisotopic (exact) mass is 262 g/mol. The zero-order chi connectivity index (χ0) is 13.2. The van der Waals surface area contributed by atoms with Gasteiger partial charge in [0.05, 0.1) is 10.6 Å². The molecule has 0 atom stereocenters. The van der Waals surface area contributed by atoms with Gasteiger partial charge in [0, 0.05) is 0 Å². The van der Waals surface area contributed by atoms with Crippen LogP contribution in [0.5, 0.6) is 5.75 Å². The second-order valence-electron chi connectivity index (χ2n) is 4.25. The van der Waals surface area contributed by atoms with Crippen LogP contribution in [0.4, 0.5) is 0 Å². The molecule has 0 amide bonds. The van der Waals surface area contributed by atoms with Gasteiger partial charge >= 0.3 is 0 Å². The summed E-state index contributed by atoms with van der Waals surface area (Å²) in [7, 11) is -3.36. The van der Waals surface area contributed by atoms with E-state index in [2.05, 4.69) is 0 Å². The van der Waals surface area contributed by atoms with E-state index in [4.69, 9.17) is 0 Å². The van der Waals surface area contributed by atoms with Crippen molar-refractivity contribution in [3.8, 4) is 5.75 Å². The molecule has 94 valence electrons. The average Bonchev–Trinajstić information content (AvgIpc) is 2.28. The van der Waals surface area contributed by atoms with E-state index in [1.165, 1.54) is 6.07 Å². The molecule has 0 saturated heterocycles. The molecule has 0 aliphatic heterocycles. The fourth-order valence-corrected chi connectivity index (χ4v) is 3.20. The Labute approximate surface area is 107 Å². The molecule has 18 heavy (non-hydrogen) atoms. The van der Waals surface area contributed by atoms with E-state index in [9.17, 15) is 13.5 Å². The second kappa shape index (κ2) is 4.82. The minimum atomic E-state index is -3.36. The fraction of sp³-hybridized carbons (Fsp3) is 0.143. The molecule has 0 radical (unpaired) electrons. The summed E-state index contributed by atoms with van der Waals surface area (Å²) in [6.45, 7) is 1.82. The van der Waals surface area contributed by atoms with Crippen molar-refractivity contribution >= 4 is 9.84 Å². The zero-order valence-electron chi connectivity index (χ0n) is 10.00. The second-order valence-corrected chi connectivity index (χ2v) is 6.24. The summed E-state index contributed by atoms with van der Waals surface area (Å²) in [4.78, 5) is 0.297. The molecule has 2 rings (SSSR count). The number of rotatable bonds is 3. The molecule has 2 aromatic rings. The van der Waals surface area contributed by atoms with E-state index in [0.717, 1.165) is 5.56 Å². The Hall–Kier alpha value is -1.81. The van der Waals surface area contributed by atoms with Gasteiger partial charge in [-0.3, -0.25) is 0 Å². The van der Waals surface area contributed by atoms with Gasteiger partial charge in [0.15, 0.2) is 9.84 Å². The van der Waals surface area contributed by atoms with Crippen molar-refractivity contribution in [1.82, 2.24) is 0 Å². The van der Waals surface area contributed by atoms with Crippen molar-refractivity contribution in [3.63, 3.8) is 0 Å². The van der Waals surface area contributed by atoms with Crippen LogP contribution in [-0.4, -0.2) is 13.5 Å². The SMILES string of the molecule is Cc1cc(O)cc(CS(=O)(=O)c2ccccc2)c1. The van der Waals surface area contributed by atoms with Crippen molar-refractivity contribution in [2.45, 2.75) is 17.6 Å². The van der Waals surface area contributed by atoms with Crippen LogP contribution in [0.15, 0.2) is 53.4 Å². The van der Waals surface area contributed by atoms with Crippen LogP contribution in [0.2, 0.25) is 0 Å².